The first kappa shape index (κ1) is 27.5. The lowest BCUT2D eigenvalue weighted by molar-refractivity contribution is -0.123. The third-order valence-corrected chi connectivity index (χ3v) is 10.5. The molecule has 4 fully saturated rings. The zero-order valence-electron chi connectivity index (χ0n) is 22.6. The van der Waals surface area contributed by atoms with Crippen LogP contribution in [-0.2, 0) is 19.6 Å². The Labute approximate surface area is 229 Å². The monoisotopic (exact) mass is 552 g/mol. The van der Waals surface area contributed by atoms with Crippen LogP contribution in [0.15, 0.2) is 53.4 Å². The highest BCUT2D eigenvalue weighted by molar-refractivity contribution is 7.89. The summed E-state index contributed by atoms with van der Waals surface area (Å²) in [7, 11) is -3.87. The maximum absolute atomic E-state index is 13.4. The van der Waals surface area contributed by atoms with Gasteiger partial charge >= 0.3 is 5.97 Å². The number of anilines is 1. The van der Waals surface area contributed by atoms with E-state index in [9.17, 15) is 22.8 Å². The van der Waals surface area contributed by atoms with Crippen LogP contribution in [-0.4, -0.2) is 38.2 Å². The van der Waals surface area contributed by atoms with Crippen molar-refractivity contribution in [3.63, 3.8) is 0 Å². The van der Waals surface area contributed by atoms with Gasteiger partial charge in [0.05, 0.1) is 10.5 Å². The molecule has 0 spiro atoms. The number of ketones is 1. The lowest BCUT2D eigenvalue weighted by Gasteiger charge is -2.59. The lowest BCUT2D eigenvalue weighted by atomic mass is 9.48. The highest BCUT2D eigenvalue weighted by atomic mass is 32.2. The van der Waals surface area contributed by atoms with Gasteiger partial charge in [0.1, 0.15) is 0 Å². The lowest BCUT2D eigenvalue weighted by Crippen LogP contribution is -2.55. The molecular weight excluding hydrogens is 516 g/mol. The van der Waals surface area contributed by atoms with Gasteiger partial charge in [-0.3, -0.25) is 9.59 Å². The quantitative estimate of drug-likeness (QED) is 0.335. The largest absolute Gasteiger partial charge is 0.449 e. The van der Waals surface area contributed by atoms with Crippen molar-refractivity contribution < 1.29 is 27.5 Å². The summed E-state index contributed by atoms with van der Waals surface area (Å²) in [6.07, 6.45) is 5.96. The fourth-order valence-corrected chi connectivity index (χ4v) is 8.63. The molecule has 0 saturated heterocycles. The summed E-state index contributed by atoms with van der Waals surface area (Å²) in [5, 5.41) is 2.64. The Balaban J connectivity index is 1.22. The van der Waals surface area contributed by atoms with Crippen LogP contribution in [0, 0.1) is 23.2 Å². The van der Waals surface area contributed by atoms with E-state index in [4.69, 9.17) is 4.74 Å². The number of nitrogens with one attached hydrogen (secondary N) is 2. The van der Waals surface area contributed by atoms with Crippen molar-refractivity contribution >= 4 is 33.4 Å². The number of rotatable bonds is 9. The number of esters is 1. The summed E-state index contributed by atoms with van der Waals surface area (Å²) >= 11 is 0. The molecule has 2 atom stereocenters. The van der Waals surface area contributed by atoms with Gasteiger partial charge in [-0.15, -0.1) is 0 Å². The van der Waals surface area contributed by atoms with E-state index in [1.807, 2.05) is 6.92 Å². The Hall–Kier alpha value is -3.04. The number of carbonyl (C=O) groups excluding carboxylic acids is 3. The first-order valence-corrected chi connectivity index (χ1v) is 15.2. The minimum Gasteiger partial charge on any atom is -0.449 e. The zero-order valence-corrected chi connectivity index (χ0v) is 23.4. The Morgan fingerprint density at radius 1 is 0.897 bits per heavy atom. The Morgan fingerprint density at radius 3 is 2.05 bits per heavy atom. The van der Waals surface area contributed by atoms with E-state index in [0.29, 0.717) is 29.0 Å². The third-order valence-electron chi connectivity index (χ3n) is 8.93. The number of hydrogen-bond donors (Lipinski definition) is 2. The number of hydrogen-bond acceptors (Lipinski definition) is 6. The predicted octanol–water partition coefficient (Wildman–Crippen LogP) is 4.96. The van der Waals surface area contributed by atoms with E-state index in [2.05, 4.69) is 10.0 Å². The van der Waals surface area contributed by atoms with Crippen LogP contribution in [0.25, 0.3) is 0 Å². The predicted molar refractivity (Wildman–Crippen MR) is 147 cm³/mol. The van der Waals surface area contributed by atoms with Gasteiger partial charge in [-0.1, -0.05) is 6.07 Å². The van der Waals surface area contributed by atoms with Gasteiger partial charge in [-0.05, 0) is 125 Å². The van der Waals surface area contributed by atoms with Crippen LogP contribution in [0.1, 0.15) is 80.0 Å². The van der Waals surface area contributed by atoms with Crippen molar-refractivity contribution in [1.82, 2.24) is 4.72 Å². The highest BCUT2D eigenvalue weighted by Gasteiger charge is 2.53. The second-order valence-electron chi connectivity index (χ2n) is 11.8. The molecule has 4 bridgehead atoms. The standard InChI is InChI=1S/C30H36N2O6S/c1-18(33)24-7-9-26(10-8-24)31-28(34)19(2)38-29(35)25-5-4-6-27(14-25)39(36,37)32-20(3)30-15-21-11-22(16-30)13-23(12-21)17-30/h4-10,14,19-23,32H,11-13,15-17H2,1-3H3,(H,31,34)/t19-,20+,21?,22?,23?,30?/m1/s1. The summed E-state index contributed by atoms with van der Waals surface area (Å²) in [6.45, 7) is 4.87. The van der Waals surface area contributed by atoms with Gasteiger partial charge in [0, 0.05) is 17.3 Å². The van der Waals surface area contributed by atoms with Crippen LogP contribution in [0.4, 0.5) is 5.69 Å². The molecule has 208 valence electrons. The molecule has 4 aliphatic rings. The molecule has 1 amide bonds. The van der Waals surface area contributed by atoms with Crippen LogP contribution in [0.5, 0.6) is 0 Å². The number of benzene rings is 2. The average molecular weight is 553 g/mol. The molecule has 4 saturated carbocycles. The summed E-state index contributed by atoms with van der Waals surface area (Å²) in [5.74, 6) is 0.697. The maximum Gasteiger partial charge on any atom is 0.338 e. The topological polar surface area (TPSA) is 119 Å². The van der Waals surface area contributed by atoms with E-state index < -0.39 is 28.0 Å². The summed E-state index contributed by atoms with van der Waals surface area (Å²) in [4.78, 5) is 36.8. The number of Topliss-reactive ketones (excluding diaryl/α,β-unsaturated/α-hetero) is 1. The van der Waals surface area contributed by atoms with Gasteiger partial charge in [0.15, 0.2) is 11.9 Å². The SMILES string of the molecule is CC(=O)c1ccc(NC(=O)[C@@H](C)OC(=O)c2cccc(S(=O)(=O)N[C@@H](C)C34CC5CC(CC(C5)C3)C4)c2)cc1. The van der Waals surface area contributed by atoms with Crippen molar-refractivity contribution in [1.29, 1.82) is 0 Å². The number of carbonyl (C=O) groups is 3. The normalized spacial score (nSPS) is 27.0. The third kappa shape index (κ3) is 5.79. The van der Waals surface area contributed by atoms with Gasteiger partial charge in [0.25, 0.3) is 5.91 Å². The van der Waals surface area contributed by atoms with Crippen molar-refractivity contribution in [3.8, 4) is 0 Å². The molecule has 39 heavy (non-hydrogen) atoms. The Bertz CT molecular complexity index is 1350. The number of sulfonamides is 1. The average Bonchev–Trinajstić information content (AvgIpc) is 2.88. The molecule has 6 rings (SSSR count). The minimum absolute atomic E-state index is 0.00352. The fourth-order valence-electron chi connectivity index (χ4n) is 7.24. The second kappa shape index (κ2) is 10.5. The van der Waals surface area contributed by atoms with E-state index >= 15 is 0 Å². The van der Waals surface area contributed by atoms with E-state index in [0.717, 1.165) is 19.3 Å². The molecule has 0 aromatic heterocycles. The summed E-state index contributed by atoms with van der Waals surface area (Å²) < 4.78 is 35.0. The van der Waals surface area contributed by atoms with Crippen molar-refractivity contribution in [2.45, 2.75) is 76.3 Å². The maximum atomic E-state index is 13.4. The molecule has 2 N–H and O–H groups in total. The van der Waals surface area contributed by atoms with Crippen molar-refractivity contribution in [2.24, 2.45) is 23.2 Å². The van der Waals surface area contributed by atoms with E-state index in [1.165, 1.54) is 57.4 Å². The Morgan fingerprint density at radius 2 is 1.49 bits per heavy atom. The molecule has 4 aliphatic carbocycles. The minimum atomic E-state index is -3.87. The van der Waals surface area contributed by atoms with Crippen LogP contribution >= 0.6 is 0 Å². The molecule has 9 heteroatoms. The smallest absolute Gasteiger partial charge is 0.338 e. The van der Waals surface area contributed by atoms with Crippen molar-refractivity contribution in [3.05, 3.63) is 59.7 Å². The molecule has 2 aromatic carbocycles. The molecule has 0 unspecified atom stereocenters. The van der Waals surface area contributed by atoms with E-state index in [1.54, 1.807) is 24.3 Å². The van der Waals surface area contributed by atoms with Crippen molar-refractivity contribution in [2.75, 3.05) is 5.32 Å². The molecule has 0 radical (unpaired) electrons. The molecule has 8 nitrogen and oxygen atoms in total. The van der Waals surface area contributed by atoms with Crippen LogP contribution < -0.4 is 10.0 Å². The first-order valence-electron chi connectivity index (χ1n) is 13.7. The number of ether oxygens (including phenoxy) is 1. The van der Waals surface area contributed by atoms with E-state index in [-0.39, 0.29) is 27.7 Å². The molecular formula is C30H36N2O6S. The van der Waals surface area contributed by atoms with Gasteiger partial charge in [-0.2, -0.15) is 0 Å². The Kier molecular flexibility index (Phi) is 7.41. The van der Waals surface area contributed by atoms with Gasteiger partial charge in [-0.25, -0.2) is 17.9 Å². The molecule has 2 aromatic rings. The van der Waals surface area contributed by atoms with Crippen LogP contribution in [0.3, 0.4) is 0 Å². The van der Waals surface area contributed by atoms with Gasteiger partial charge < -0.3 is 10.1 Å². The number of amides is 1. The second-order valence-corrected chi connectivity index (χ2v) is 13.5. The zero-order chi connectivity index (χ0) is 27.9. The summed E-state index contributed by atoms with van der Waals surface area (Å²) in [6, 6.07) is 11.9. The molecule has 0 heterocycles. The van der Waals surface area contributed by atoms with Crippen LogP contribution in [0.2, 0.25) is 0 Å². The highest BCUT2D eigenvalue weighted by Crippen LogP contribution is 2.61. The fraction of sp³-hybridized carbons (Fsp3) is 0.500. The molecule has 0 aliphatic heterocycles. The van der Waals surface area contributed by atoms with Gasteiger partial charge in [0.2, 0.25) is 10.0 Å². The first-order chi connectivity index (χ1) is 18.4. The summed E-state index contributed by atoms with van der Waals surface area (Å²) in [5.41, 5.74) is 1.03.